The molecule has 0 bridgehead atoms. The van der Waals surface area contributed by atoms with E-state index in [4.69, 9.17) is 4.74 Å². The lowest BCUT2D eigenvalue weighted by Gasteiger charge is -2.16. The molecule has 1 amide bonds. The molecule has 1 N–H and O–H groups in total. The summed E-state index contributed by atoms with van der Waals surface area (Å²) in [6.07, 6.45) is -1.55. The van der Waals surface area contributed by atoms with Crippen molar-refractivity contribution in [3.8, 4) is 5.75 Å². The van der Waals surface area contributed by atoms with Crippen LogP contribution < -0.4 is 10.1 Å². The Morgan fingerprint density at radius 2 is 1.73 bits per heavy atom. The van der Waals surface area contributed by atoms with Gasteiger partial charge in [-0.2, -0.15) is 8.78 Å². The van der Waals surface area contributed by atoms with Crippen molar-refractivity contribution in [3.05, 3.63) is 59.9 Å². The Morgan fingerprint density at radius 1 is 1.08 bits per heavy atom. The zero-order valence-corrected chi connectivity index (χ0v) is 13.7. The smallest absolute Gasteiger partial charge is 0.387 e. The van der Waals surface area contributed by atoms with Crippen LogP contribution in [-0.4, -0.2) is 24.6 Å². The molecule has 0 aliphatic heterocycles. The van der Waals surface area contributed by atoms with E-state index in [2.05, 4.69) is 10.1 Å². The van der Waals surface area contributed by atoms with E-state index < -0.39 is 30.4 Å². The number of para-hydroxylation sites is 2. The number of anilines is 1. The van der Waals surface area contributed by atoms with Gasteiger partial charge in [-0.3, -0.25) is 9.59 Å². The number of carbonyl (C=O) groups is 2. The Kier molecular flexibility index (Phi) is 6.60. The minimum Gasteiger partial charge on any atom is -0.452 e. The quantitative estimate of drug-likeness (QED) is 0.761. The highest BCUT2D eigenvalue weighted by Crippen LogP contribution is 2.25. The van der Waals surface area contributed by atoms with Crippen molar-refractivity contribution in [1.82, 2.24) is 0 Å². The van der Waals surface area contributed by atoms with Crippen molar-refractivity contribution in [3.63, 3.8) is 0 Å². The van der Waals surface area contributed by atoms with Gasteiger partial charge in [0, 0.05) is 0 Å². The number of ether oxygens (including phenoxy) is 2. The summed E-state index contributed by atoms with van der Waals surface area (Å²) in [7, 11) is 0. The molecular formula is C18H16F3NO4. The molecule has 0 unspecified atom stereocenters. The zero-order chi connectivity index (χ0) is 19.1. The van der Waals surface area contributed by atoms with Crippen LogP contribution in [0.5, 0.6) is 5.75 Å². The van der Waals surface area contributed by atoms with E-state index in [0.29, 0.717) is 0 Å². The number of amides is 1. The van der Waals surface area contributed by atoms with Crippen molar-refractivity contribution in [2.24, 2.45) is 0 Å². The lowest BCUT2D eigenvalue weighted by Crippen LogP contribution is -2.30. The average molecular weight is 367 g/mol. The number of hydrogen-bond donors (Lipinski definition) is 1. The van der Waals surface area contributed by atoms with Crippen LogP contribution in [0.2, 0.25) is 0 Å². The topological polar surface area (TPSA) is 64.6 Å². The van der Waals surface area contributed by atoms with Crippen LogP contribution in [0.4, 0.5) is 18.9 Å². The van der Waals surface area contributed by atoms with Gasteiger partial charge in [-0.25, -0.2) is 4.39 Å². The van der Waals surface area contributed by atoms with Crippen molar-refractivity contribution in [2.45, 2.75) is 26.1 Å². The zero-order valence-electron chi connectivity index (χ0n) is 13.7. The molecule has 26 heavy (non-hydrogen) atoms. The van der Waals surface area contributed by atoms with Crippen molar-refractivity contribution < 1.29 is 32.2 Å². The third-order valence-corrected chi connectivity index (χ3v) is 3.33. The summed E-state index contributed by atoms with van der Waals surface area (Å²) < 4.78 is 47.5. The molecule has 0 radical (unpaired) electrons. The number of hydrogen-bond acceptors (Lipinski definition) is 4. The Hall–Kier alpha value is -3.03. The predicted octanol–water partition coefficient (Wildman–Crippen LogP) is 3.54. The SMILES string of the molecule is C[C@H](OC(=O)Cc1ccccc1F)C(=O)Nc1ccccc1OC(F)F. The molecule has 0 saturated carbocycles. The molecule has 138 valence electrons. The number of benzene rings is 2. The molecule has 0 aromatic heterocycles. The van der Waals surface area contributed by atoms with Gasteiger partial charge in [-0.15, -0.1) is 0 Å². The number of nitrogens with one attached hydrogen (secondary N) is 1. The van der Waals surface area contributed by atoms with E-state index in [1.807, 2.05) is 0 Å². The second-order valence-corrected chi connectivity index (χ2v) is 5.26. The van der Waals surface area contributed by atoms with Gasteiger partial charge in [0.15, 0.2) is 6.10 Å². The standard InChI is InChI=1S/C18H16F3NO4/c1-11(25-16(23)10-12-6-2-3-7-13(12)19)17(24)22-14-8-4-5-9-15(14)26-18(20)21/h2-9,11,18H,10H2,1H3,(H,22,24)/t11-/m0/s1. The minimum atomic E-state index is -3.05. The molecule has 2 rings (SSSR count). The van der Waals surface area contributed by atoms with Gasteiger partial charge in [0.2, 0.25) is 0 Å². The summed E-state index contributed by atoms with van der Waals surface area (Å²) in [5.74, 6) is -2.31. The molecule has 0 fully saturated rings. The maximum Gasteiger partial charge on any atom is 0.387 e. The number of esters is 1. The predicted molar refractivity (Wildman–Crippen MR) is 87.4 cm³/mol. The molecular weight excluding hydrogens is 351 g/mol. The van der Waals surface area contributed by atoms with Gasteiger partial charge in [0.05, 0.1) is 12.1 Å². The molecule has 0 spiro atoms. The van der Waals surface area contributed by atoms with Crippen molar-refractivity contribution in [2.75, 3.05) is 5.32 Å². The van der Waals surface area contributed by atoms with E-state index in [9.17, 15) is 22.8 Å². The minimum absolute atomic E-state index is 0.00908. The van der Waals surface area contributed by atoms with Crippen molar-refractivity contribution >= 4 is 17.6 Å². The Bertz CT molecular complexity index is 783. The number of rotatable bonds is 7. The molecule has 0 aliphatic rings. The van der Waals surface area contributed by atoms with Crippen LogP contribution in [0, 0.1) is 5.82 Å². The molecule has 8 heteroatoms. The van der Waals surface area contributed by atoms with Gasteiger partial charge in [-0.05, 0) is 30.7 Å². The molecule has 2 aromatic rings. The van der Waals surface area contributed by atoms with E-state index >= 15 is 0 Å². The summed E-state index contributed by atoms with van der Waals surface area (Å²) in [4.78, 5) is 24.0. The molecule has 1 atom stereocenters. The van der Waals surface area contributed by atoms with E-state index in [1.165, 1.54) is 49.4 Å². The maximum atomic E-state index is 13.5. The second kappa shape index (κ2) is 8.89. The van der Waals surface area contributed by atoms with Crippen molar-refractivity contribution in [1.29, 1.82) is 0 Å². The first-order valence-electron chi connectivity index (χ1n) is 7.64. The van der Waals surface area contributed by atoms with Crippen LogP contribution in [0.25, 0.3) is 0 Å². The number of alkyl halides is 2. The normalized spacial score (nSPS) is 11.7. The third-order valence-electron chi connectivity index (χ3n) is 3.33. The lowest BCUT2D eigenvalue weighted by molar-refractivity contribution is -0.152. The molecule has 0 heterocycles. The number of carbonyl (C=O) groups excluding carboxylic acids is 2. The first-order valence-corrected chi connectivity index (χ1v) is 7.64. The third kappa shape index (κ3) is 5.51. The number of halogens is 3. The largest absolute Gasteiger partial charge is 0.452 e. The molecule has 0 aliphatic carbocycles. The summed E-state index contributed by atoms with van der Waals surface area (Å²) in [6, 6.07) is 11.3. The Morgan fingerprint density at radius 3 is 2.42 bits per heavy atom. The van der Waals surface area contributed by atoms with Crippen LogP contribution in [0.15, 0.2) is 48.5 Å². The van der Waals surface area contributed by atoms with E-state index in [1.54, 1.807) is 6.07 Å². The van der Waals surface area contributed by atoms with E-state index in [-0.39, 0.29) is 23.4 Å². The molecule has 2 aromatic carbocycles. The van der Waals surface area contributed by atoms with Gasteiger partial charge < -0.3 is 14.8 Å². The fourth-order valence-corrected chi connectivity index (χ4v) is 2.09. The summed E-state index contributed by atoms with van der Waals surface area (Å²) in [6.45, 7) is -1.74. The van der Waals surface area contributed by atoms with Crippen LogP contribution >= 0.6 is 0 Å². The van der Waals surface area contributed by atoms with Crippen LogP contribution in [0.3, 0.4) is 0 Å². The van der Waals surface area contributed by atoms with Crippen LogP contribution in [-0.2, 0) is 20.7 Å². The highest BCUT2D eigenvalue weighted by molar-refractivity contribution is 5.96. The first-order chi connectivity index (χ1) is 12.4. The van der Waals surface area contributed by atoms with Gasteiger partial charge >= 0.3 is 12.6 Å². The highest BCUT2D eigenvalue weighted by atomic mass is 19.3. The Labute approximate surface area is 147 Å². The van der Waals surface area contributed by atoms with Gasteiger partial charge in [-0.1, -0.05) is 30.3 Å². The summed E-state index contributed by atoms with van der Waals surface area (Å²) in [5, 5.41) is 2.35. The van der Waals surface area contributed by atoms with Crippen LogP contribution in [0.1, 0.15) is 12.5 Å². The fraction of sp³-hybridized carbons (Fsp3) is 0.222. The maximum absolute atomic E-state index is 13.5. The van der Waals surface area contributed by atoms with Gasteiger partial charge in [0.25, 0.3) is 5.91 Å². The lowest BCUT2D eigenvalue weighted by atomic mass is 10.1. The summed E-state index contributed by atoms with van der Waals surface area (Å²) >= 11 is 0. The molecule has 0 saturated heterocycles. The van der Waals surface area contributed by atoms with E-state index in [0.717, 1.165) is 0 Å². The Balaban J connectivity index is 1.95. The second-order valence-electron chi connectivity index (χ2n) is 5.26. The van der Waals surface area contributed by atoms with Gasteiger partial charge in [0.1, 0.15) is 11.6 Å². The monoisotopic (exact) mass is 367 g/mol. The molecule has 5 nitrogen and oxygen atoms in total. The summed E-state index contributed by atoms with van der Waals surface area (Å²) in [5.41, 5.74) is 0.149. The fourth-order valence-electron chi connectivity index (χ4n) is 2.09. The average Bonchev–Trinajstić information content (AvgIpc) is 2.58. The first kappa shape index (κ1) is 19.3. The highest BCUT2D eigenvalue weighted by Gasteiger charge is 2.20.